The minimum absolute atomic E-state index is 0.0973. The summed E-state index contributed by atoms with van der Waals surface area (Å²) in [6.07, 6.45) is 1.05. The molecule has 1 aromatic carbocycles. The first-order chi connectivity index (χ1) is 13.6. The number of aromatic nitrogens is 2. The Morgan fingerprint density at radius 2 is 2.04 bits per heavy atom. The van der Waals surface area contributed by atoms with E-state index < -0.39 is 12.1 Å². The van der Waals surface area contributed by atoms with Gasteiger partial charge in [-0.15, -0.1) is 10.2 Å². The fraction of sp³-hybridized carbons (Fsp3) is 0.474. The molecule has 1 saturated heterocycles. The van der Waals surface area contributed by atoms with E-state index in [-0.39, 0.29) is 31.0 Å². The van der Waals surface area contributed by atoms with Crippen LogP contribution in [0.3, 0.4) is 0 Å². The largest absolute Gasteiger partial charge is 0.497 e. The molecule has 2 aromatic rings. The van der Waals surface area contributed by atoms with Gasteiger partial charge in [0.05, 0.1) is 19.7 Å². The molecule has 2 amide bonds. The summed E-state index contributed by atoms with van der Waals surface area (Å²) >= 11 is 0. The Balaban J connectivity index is 1.57. The highest BCUT2D eigenvalue weighted by atomic mass is 16.5. The fourth-order valence-electron chi connectivity index (χ4n) is 3.44. The zero-order valence-corrected chi connectivity index (χ0v) is 15.8. The van der Waals surface area contributed by atoms with Crippen LogP contribution in [0.5, 0.6) is 5.75 Å². The first-order valence-electron chi connectivity index (χ1n) is 9.20. The number of hydrogen-bond acceptors (Lipinski definition) is 7. The lowest BCUT2D eigenvalue weighted by Crippen LogP contribution is -2.55. The maximum atomic E-state index is 12.9. The van der Waals surface area contributed by atoms with Crippen molar-refractivity contribution in [3.63, 3.8) is 0 Å². The zero-order valence-electron chi connectivity index (χ0n) is 15.8. The van der Waals surface area contributed by atoms with Crippen LogP contribution in [0.25, 0.3) is 0 Å². The molecule has 1 aromatic heterocycles. The van der Waals surface area contributed by atoms with Crippen molar-refractivity contribution < 1.29 is 23.5 Å². The van der Waals surface area contributed by atoms with Crippen molar-refractivity contribution in [1.82, 2.24) is 20.4 Å². The Labute approximate surface area is 162 Å². The van der Waals surface area contributed by atoms with Crippen LogP contribution in [0.4, 0.5) is 0 Å². The number of methoxy groups -OCH3 is 1. The average molecular weight is 386 g/mol. The van der Waals surface area contributed by atoms with E-state index in [1.807, 2.05) is 24.3 Å². The molecule has 1 aliphatic carbocycles. The third-order valence-electron chi connectivity index (χ3n) is 4.90. The van der Waals surface area contributed by atoms with Gasteiger partial charge >= 0.3 is 0 Å². The van der Waals surface area contributed by atoms with Gasteiger partial charge in [-0.25, -0.2) is 0 Å². The van der Waals surface area contributed by atoms with Crippen LogP contribution >= 0.6 is 0 Å². The first-order valence-corrected chi connectivity index (χ1v) is 9.20. The zero-order chi connectivity index (χ0) is 19.7. The molecule has 0 unspecified atom stereocenters. The fourth-order valence-corrected chi connectivity index (χ4v) is 3.44. The number of benzene rings is 1. The second-order valence-corrected chi connectivity index (χ2v) is 6.91. The lowest BCUT2D eigenvalue weighted by molar-refractivity contribution is -0.165. The predicted octanol–water partition coefficient (Wildman–Crippen LogP) is 1.13. The normalized spacial score (nSPS) is 22.2. The van der Waals surface area contributed by atoms with Crippen LogP contribution in [0.15, 0.2) is 28.7 Å². The van der Waals surface area contributed by atoms with E-state index in [1.54, 1.807) is 18.9 Å². The molecule has 0 spiro atoms. The number of amides is 2. The predicted molar refractivity (Wildman–Crippen MR) is 96.2 cm³/mol. The van der Waals surface area contributed by atoms with Gasteiger partial charge in [0.2, 0.25) is 17.7 Å². The third kappa shape index (κ3) is 3.70. The van der Waals surface area contributed by atoms with Gasteiger partial charge < -0.3 is 24.1 Å². The van der Waals surface area contributed by atoms with E-state index in [2.05, 4.69) is 15.5 Å². The summed E-state index contributed by atoms with van der Waals surface area (Å²) in [5.41, 5.74) is 0.828. The number of carbonyl (C=O) groups is 2. The lowest BCUT2D eigenvalue weighted by Gasteiger charge is -2.40. The Bertz CT molecular complexity index is 861. The third-order valence-corrected chi connectivity index (χ3v) is 4.90. The highest BCUT2D eigenvalue weighted by Crippen LogP contribution is 2.39. The second kappa shape index (κ2) is 7.59. The molecule has 2 atom stereocenters. The monoisotopic (exact) mass is 386 g/mol. The Morgan fingerprint density at radius 1 is 1.29 bits per heavy atom. The van der Waals surface area contributed by atoms with Crippen LogP contribution < -0.4 is 10.1 Å². The molecule has 0 bridgehead atoms. The summed E-state index contributed by atoms with van der Waals surface area (Å²) in [5, 5.41) is 10.4. The molecule has 2 fully saturated rings. The Morgan fingerprint density at radius 3 is 2.64 bits per heavy atom. The number of hydrogen-bond donors (Lipinski definition) is 1. The lowest BCUT2D eigenvalue weighted by atomic mass is 9.96. The summed E-state index contributed by atoms with van der Waals surface area (Å²) in [4.78, 5) is 27.2. The summed E-state index contributed by atoms with van der Waals surface area (Å²) in [7, 11) is 1.59. The number of nitrogens with zero attached hydrogens (tertiary/aromatic N) is 3. The molecule has 9 heteroatoms. The molecular formula is C19H22N4O5. The quantitative estimate of drug-likeness (QED) is 0.793. The van der Waals surface area contributed by atoms with Crippen molar-refractivity contribution in [3.05, 3.63) is 41.6 Å². The van der Waals surface area contributed by atoms with Gasteiger partial charge in [0.25, 0.3) is 5.91 Å². The molecule has 1 N–H and O–H groups in total. The molecular weight excluding hydrogens is 364 g/mol. The van der Waals surface area contributed by atoms with Gasteiger partial charge in [-0.2, -0.15) is 0 Å². The topological polar surface area (TPSA) is 107 Å². The van der Waals surface area contributed by atoms with E-state index >= 15 is 0 Å². The number of ether oxygens (including phenoxy) is 2. The van der Waals surface area contributed by atoms with Gasteiger partial charge in [-0.05, 0) is 30.5 Å². The summed E-state index contributed by atoms with van der Waals surface area (Å²) in [6, 6.07) is 7.01. The molecule has 2 heterocycles. The van der Waals surface area contributed by atoms with E-state index in [0.29, 0.717) is 17.5 Å². The molecule has 4 rings (SSSR count). The van der Waals surface area contributed by atoms with E-state index in [1.165, 1.54) is 0 Å². The van der Waals surface area contributed by atoms with Gasteiger partial charge in [0, 0.05) is 13.0 Å². The van der Waals surface area contributed by atoms with Gasteiger partial charge in [0.1, 0.15) is 12.4 Å². The number of morpholine rings is 1. The number of rotatable bonds is 6. The standard InChI is InChI=1S/C19H22N4O5/c1-11-21-22-15(28-11)9-20-19(25)18-17(12-3-7-14(26-2)8-4-12)23(13-5-6-13)16(24)10-27-18/h3-4,7-8,13,17-18H,5-6,9-10H2,1-2H3,(H,20,25)/t17-,18+/m1/s1. The van der Waals surface area contributed by atoms with Crippen LogP contribution in [0, 0.1) is 6.92 Å². The van der Waals surface area contributed by atoms with E-state index in [0.717, 1.165) is 18.4 Å². The SMILES string of the molecule is COc1ccc([C@@H]2[C@@H](C(=O)NCc3nnc(C)o3)OCC(=O)N2C2CC2)cc1. The minimum atomic E-state index is -0.823. The van der Waals surface area contributed by atoms with Gasteiger partial charge in [-0.1, -0.05) is 12.1 Å². The molecule has 148 valence electrons. The number of aryl methyl sites for hydroxylation is 1. The number of carbonyl (C=O) groups excluding carboxylic acids is 2. The van der Waals surface area contributed by atoms with E-state index in [9.17, 15) is 9.59 Å². The molecule has 1 aliphatic heterocycles. The maximum absolute atomic E-state index is 12.9. The summed E-state index contributed by atoms with van der Waals surface area (Å²) in [5.74, 6) is 1.03. The van der Waals surface area contributed by atoms with Crippen molar-refractivity contribution >= 4 is 11.8 Å². The Kier molecular flexibility index (Phi) is 4.99. The first kappa shape index (κ1) is 18.4. The smallest absolute Gasteiger partial charge is 0.252 e. The number of nitrogens with one attached hydrogen (secondary N) is 1. The van der Waals surface area contributed by atoms with Crippen molar-refractivity contribution in [2.45, 2.75) is 44.5 Å². The van der Waals surface area contributed by atoms with Gasteiger partial charge in [0.15, 0.2) is 6.10 Å². The van der Waals surface area contributed by atoms with E-state index in [4.69, 9.17) is 13.9 Å². The van der Waals surface area contributed by atoms with Crippen LogP contribution in [0.2, 0.25) is 0 Å². The Hall–Kier alpha value is -2.94. The van der Waals surface area contributed by atoms with Crippen LogP contribution in [0.1, 0.15) is 36.2 Å². The molecule has 0 radical (unpaired) electrons. The molecule has 1 saturated carbocycles. The average Bonchev–Trinajstić information content (AvgIpc) is 3.46. The maximum Gasteiger partial charge on any atom is 0.252 e. The van der Waals surface area contributed by atoms with Crippen LogP contribution in [-0.4, -0.2) is 52.8 Å². The van der Waals surface area contributed by atoms with Crippen molar-refractivity contribution in [2.24, 2.45) is 0 Å². The summed E-state index contributed by atoms with van der Waals surface area (Å²) in [6.45, 7) is 1.68. The minimum Gasteiger partial charge on any atom is -0.497 e. The summed E-state index contributed by atoms with van der Waals surface area (Å²) < 4.78 is 16.2. The van der Waals surface area contributed by atoms with Crippen molar-refractivity contribution in [1.29, 1.82) is 0 Å². The molecule has 2 aliphatic rings. The second-order valence-electron chi connectivity index (χ2n) is 6.91. The highest BCUT2D eigenvalue weighted by molar-refractivity contribution is 5.86. The van der Waals surface area contributed by atoms with Crippen molar-refractivity contribution in [2.75, 3.05) is 13.7 Å². The highest BCUT2D eigenvalue weighted by Gasteiger charge is 2.47. The van der Waals surface area contributed by atoms with Crippen LogP contribution in [-0.2, 0) is 20.9 Å². The molecule has 28 heavy (non-hydrogen) atoms. The van der Waals surface area contributed by atoms with Crippen molar-refractivity contribution in [3.8, 4) is 5.75 Å². The molecule has 9 nitrogen and oxygen atoms in total. The van der Waals surface area contributed by atoms with Gasteiger partial charge in [-0.3, -0.25) is 9.59 Å².